The van der Waals surface area contributed by atoms with Crippen molar-refractivity contribution in [1.82, 2.24) is 0 Å². The van der Waals surface area contributed by atoms with Crippen LogP contribution in [0.5, 0.6) is 5.75 Å². The summed E-state index contributed by atoms with van der Waals surface area (Å²) >= 11 is 1.73. The third kappa shape index (κ3) is 4.96. The van der Waals surface area contributed by atoms with Crippen LogP contribution < -0.4 is 10.1 Å². The van der Waals surface area contributed by atoms with Gasteiger partial charge in [0, 0.05) is 27.5 Å². The molecule has 3 aromatic carbocycles. The van der Waals surface area contributed by atoms with Crippen LogP contribution in [0.25, 0.3) is 0 Å². The van der Waals surface area contributed by atoms with Crippen molar-refractivity contribution in [2.45, 2.75) is 30.9 Å². The van der Waals surface area contributed by atoms with E-state index in [2.05, 4.69) is 43.4 Å². The van der Waals surface area contributed by atoms with Gasteiger partial charge in [0.15, 0.2) is 0 Å². The van der Waals surface area contributed by atoms with Gasteiger partial charge in [-0.05, 0) is 55.3 Å². The lowest BCUT2D eigenvalue weighted by Gasteiger charge is -2.13. The lowest BCUT2D eigenvalue weighted by Crippen LogP contribution is -2.13. The molecule has 1 amide bonds. The first-order valence-electron chi connectivity index (χ1n) is 9.36. The van der Waals surface area contributed by atoms with E-state index in [-0.39, 0.29) is 5.91 Å². The molecule has 3 rings (SSSR count). The van der Waals surface area contributed by atoms with Crippen molar-refractivity contribution in [2.75, 3.05) is 12.4 Å². The van der Waals surface area contributed by atoms with Gasteiger partial charge in [0.2, 0.25) is 0 Å². The molecule has 0 radical (unpaired) electrons. The second-order valence-corrected chi connectivity index (χ2v) is 7.64. The molecule has 0 fully saturated rings. The summed E-state index contributed by atoms with van der Waals surface area (Å²) in [6, 6.07) is 21.9. The van der Waals surface area contributed by atoms with Gasteiger partial charge in [0.1, 0.15) is 5.75 Å². The summed E-state index contributed by atoms with van der Waals surface area (Å²) in [6.07, 6.45) is 0.873. The highest BCUT2D eigenvalue weighted by Crippen LogP contribution is 2.29. The molecule has 4 heteroatoms. The zero-order valence-corrected chi connectivity index (χ0v) is 17.3. The Morgan fingerprint density at radius 3 is 2.46 bits per heavy atom. The molecule has 0 unspecified atom stereocenters. The summed E-state index contributed by atoms with van der Waals surface area (Å²) in [5.74, 6) is 1.43. The van der Waals surface area contributed by atoms with E-state index in [0.717, 1.165) is 34.7 Å². The standard InChI is InChI=1S/C24H25NO2S/c1-4-18-7-5-6-8-22(18)25-24(26)19-11-14-23(27-3)20(15-19)16-28-21-12-9-17(2)10-13-21/h5-15H,4,16H2,1-3H3,(H,25,26). The number of anilines is 1. The molecule has 0 aliphatic rings. The second kappa shape index (κ2) is 9.47. The molecule has 0 saturated carbocycles. The van der Waals surface area contributed by atoms with Crippen LogP contribution in [0, 0.1) is 6.92 Å². The Kier molecular flexibility index (Phi) is 6.77. The van der Waals surface area contributed by atoms with E-state index in [1.54, 1.807) is 18.9 Å². The van der Waals surface area contributed by atoms with Crippen molar-refractivity contribution >= 4 is 23.4 Å². The third-order valence-electron chi connectivity index (χ3n) is 4.60. The zero-order valence-electron chi connectivity index (χ0n) is 16.5. The predicted octanol–water partition coefficient (Wildman–Crippen LogP) is 6.11. The summed E-state index contributed by atoms with van der Waals surface area (Å²) in [5, 5.41) is 3.04. The fraction of sp³-hybridized carbons (Fsp3) is 0.208. The number of methoxy groups -OCH3 is 1. The third-order valence-corrected chi connectivity index (χ3v) is 5.67. The minimum absolute atomic E-state index is 0.106. The Morgan fingerprint density at radius 2 is 1.75 bits per heavy atom. The first-order valence-corrected chi connectivity index (χ1v) is 10.3. The monoisotopic (exact) mass is 391 g/mol. The number of para-hydroxylation sites is 1. The second-order valence-electron chi connectivity index (χ2n) is 6.59. The van der Waals surface area contributed by atoms with Gasteiger partial charge in [-0.15, -0.1) is 11.8 Å². The summed E-state index contributed by atoms with van der Waals surface area (Å²) in [7, 11) is 1.66. The van der Waals surface area contributed by atoms with Gasteiger partial charge < -0.3 is 10.1 Å². The molecule has 28 heavy (non-hydrogen) atoms. The lowest BCUT2D eigenvalue weighted by molar-refractivity contribution is 0.102. The Morgan fingerprint density at radius 1 is 1.00 bits per heavy atom. The van der Waals surface area contributed by atoms with Crippen LogP contribution in [-0.2, 0) is 12.2 Å². The van der Waals surface area contributed by atoms with E-state index >= 15 is 0 Å². The Labute approximate surface area is 171 Å². The summed E-state index contributed by atoms with van der Waals surface area (Å²) in [6.45, 7) is 4.16. The van der Waals surface area contributed by atoms with E-state index in [9.17, 15) is 4.79 Å². The maximum absolute atomic E-state index is 12.8. The quantitative estimate of drug-likeness (QED) is 0.494. The number of hydrogen-bond donors (Lipinski definition) is 1. The Hall–Kier alpha value is -2.72. The summed E-state index contributed by atoms with van der Waals surface area (Å²) in [4.78, 5) is 14.0. The molecule has 0 aliphatic heterocycles. The van der Waals surface area contributed by atoms with Gasteiger partial charge in [-0.25, -0.2) is 0 Å². The van der Waals surface area contributed by atoms with E-state index in [4.69, 9.17) is 4.74 Å². The number of carbonyl (C=O) groups is 1. The topological polar surface area (TPSA) is 38.3 Å². The number of thioether (sulfide) groups is 1. The molecule has 3 aromatic rings. The van der Waals surface area contributed by atoms with Crippen molar-refractivity contribution in [3.63, 3.8) is 0 Å². The van der Waals surface area contributed by atoms with E-state index < -0.39 is 0 Å². The van der Waals surface area contributed by atoms with Gasteiger partial charge in [-0.2, -0.15) is 0 Å². The fourth-order valence-electron chi connectivity index (χ4n) is 2.97. The Bertz CT molecular complexity index is 951. The molecule has 0 atom stereocenters. The van der Waals surface area contributed by atoms with Crippen molar-refractivity contribution in [2.24, 2.45) is 0 Å². The molecular formula is C24H25NO2S. The minimum Gasteiger partial charge on any atom is -0.496 e. The van der Waals surface area contributed by atoms with Gasteiger partial charge >= 0.3 is 0 Å². The highest BCUT2D eigenvalue weighted by atomic mass is 32.2. The van der Waals surface area contributed by atoms with Crippen molar-refractivity contribution < 1.29 is 9.53 Å². The summed E-state index contributed by atoms with van der Waals surface area (Å²) < 4.78 is 5.50. The van der Waals surface area contributed by atoms with Crippen LogP contribution in [0.2, 0.25) is 0 Å². The number of nitrogens with one attached hydrogen (secondary N) is 1. The zero-order chi connectivity index (χ0) is 19.9. The largest absolute Gasteiger partial charge is 0.496 e. The fourth-order valence-corrected chi connectivity index (χ4v) is 3.85. The summed E-state index contributed by atoms with van der Waals surface area (Å²) in [5.41, 5.74) is 4.87. The number of benzene rings is 3. The molecule has 0 heterocycles. The lowest BCUT2D eigenvalue weighted by atomic mass is 10.1. The smallest absolute Gasteiger partial charge is 0.255 e. The van der Waals surface area contributed by atoms with E-state index in [0.29, 0.717) is 5.56 Å². The van der Waals surface area contributed by atoms with Gasteiger partial charge in [-0.3, -0.25) is 4.79 Å². The predicted molar refractivity (Wildman–Crippen MR) is 118 cm³/mol. The highest BCUT2D eigenvalue weighted by Gasteiger charge is 2.12. The molecule has 0 spiro atoms. The van der Waals surface area contributed by atoms with Gasteiger partial charge in [0.05, 0.1) is 7.11 Å². The van der Waals surface area contributed by atoms with E-state index in [1.807, 2.05) is 42.5 Å². The minimum atomic E-state index is -0.106. The number of rotatable bonds is 7. The number of ether oxygens (including phenoxy) is 1. The molecule has 0 aromatic heterocycles. The molecule has 0 bridgehead atoms. The molecule has 3 nitrogen and oxygen atoms in total. The first kappa shape index (κ1) is 20.0. The van der Waals surface area contributed by atoms with Gasteiger partial charge in [-0.1, -0.05) is 42.8 Å². The number of aryl methyl sites for hydroxylation is 2. The number of hydrogen-bond acceptors (Lipinski definition) is 3. The van der Waals surface area contributed by atoms with Crippen LogP contribution in [0.3, 0.4) is 0 Å². The van der Waals surface area contributed by atoms with E-state index in [1.165, 1.54) is 10.5 Å². The molecule has 0 aliphatic carbocycles. The number of amides is 1. The van der Waals surface area contributed by atoms with Crippen molar-refractivity contribution in [3.05, 3.63) is 89.0 Å². The molecular weight excluding hydrogens is 366 g/mol. The normalized spacial score (nSPS) is 10.5. The maximum atomic E-state index is 12.8. The molecule has 0 saturated heterocycles. The average molecular weight is 392 g/mol. The van der Waals surface area contributed by atoms with Crippen LogP contribution >= 0.6 is 11.8 Å². The van der Waals surface area contributed by atoms with Crippen LogP contribution in [0.4, 0.5) is 5.69 Å². The van der Waals surface area contributed by atoms with Crippen LogP contribution in [0.1, 0.15) is 34.0 Å². The SMILES string of the molecule is CCc1ccccc1NC(=O)c1ccc(OC)c(CSc2ccc(C)cc2)c1. The Balaban J connectivity index is 1.77. The average Bonchev–Trinajstić information content (AvgIpc) is 2.73. The highest BCUT2D eigenvalue weighted by molar-refractivity contribution is 7.98. The maximum Gasteiger partial charge on any atom is 0.255 e. The van der Waals surface area contributed by atoms with Crippen LogP contribution in [0.15, 0.2) is 71.6 Å². The molecule has 1 N–H and O–H groups in total. The van der Waals surface area contributed by atoms with Gasteiger partial charge in [0.25, 0.3) is 5.91 Å². The van der Waals surface area contributed by atoms with Crippen LogP contribution in [-0.4, -0.2) is 13.0 Å². The van der Waals surface area contributed by atoms with Crippen molar-refractivity contribution in [3.8, 4) is 5.75 Å². The molecule has 144 valence electrons. The number of carbonyl (C=O) groups excluding carboxylic acids is 1. The van der Waals surface area contributed by atoms with Crippen molar-refractivity contribution in [1.29, 1.82) is 0 Å². The first-order chi connectivity index (χ1) is 13.6.